The van der Waals surface area contributed by atoms with Gasteiger partial charge < -0.3 is 14.6 Å². The Morgan fingerprint density at radius 3 is 2.39 bits per heavy atom. The van der Waals surface area contributed by atoms with Crippen LogP contribution in [0.1, 0.15) is 44.1 Å². The molecule has 174 valence electrons. The molecule has 1 aliphatic heterocycles. The molecule has 0 atom stereocenters. The summed E-state index contributed by atoms with van der Waals surface area (Å²) in [6.07, 6.45) is 8.17. The standard InChI is InChI=1S/C24H25NO6S2/c1-30-18-7-13(8-19-21(28)25(12-20(26)27)23(32)33-19)2-3-17(18)31-22(29)24-9-14-4-15(10-24)6-16(5-14)11-24/h2-3,7-8,14-16H,4-6,9-12H2,1H3,(H,26,27). The van der Waals surface area contributed by atoms with Crippen LogP contribution in [0.25, 0.3) is 6.08 Å². The highest BCUT2D eigenvalue weighted by molar-refractivity contribution is 8.26. The van der Waals surface area contributed by atoms with E-state index < -0.39 is 18.4 Å². The number of hydrogen-bond donors (Lipinski definition) is 1. The van der Waals surface area contributed by atoms with E-state index in [0.29, 0.717) is 39.7 Å². The number of carboxylic acids is 1. The zero-order valence-electron chi connectivity index (χ0n) is 18.2. The molecule has 0 aromatic heterocycles. The Morgan fingerprint density at radius 2 is 1.82 bits per heavy atom. The fourth-order valence-corrected chi connectivity index (χ4v) is 7.61. The molecule has 4 saturated carbocycles. The Bertz CT molecular complexity index is 1050. The van der Waals surface area contributed by atoms with Crippen LogP contribution in [0.2, 0.25) is 0 Å². The van der Waals surface area contributed by atoms with Gasteiger partial charge in [-0.25, -0.2) is 0 Å². The second-order valence-electron chi connectivity index (χ2n) is 9.66. The number of rotatable bonds is 6. The van der Waals surface area contributed by atoms with Gasteiger partial charge in [-0.2, -0.15) is 0 Å². The number of amides is 1. The van der Waals surface area contributed by atoms with Gasteiger partial charge >= 0.3 is 11.9 Å². The van der Waals surface area contributed by atoms with Crippen LogP contribution in [-0.2, 0) is 14.4 Å². The molecule has 4 aliphatic carbocycles. The molecule has 1 saturated heterocycles. The van der Waals surface area contributed by atoms with Crippen molar-refractivity contribution in [1.82, 2.24) is 4.90 Å². The molecule has 4 bridgehead atoms. The molecule has 6 rings (SSSR count). The molecule has 1 amide bonds. The smallest absolute Gasteiger partial charge is 0.323 e. The number of carbonyl (C=O) groups excluding carboxylic acids is 2. The summed E-state index contributed by atoms with van der Waals surface area (Å²) in [4.78, 5) is 38.2. The molecule has 1 N–H and O–H groups in total. The van der Waals surface area contributed by atoms with Gasteiger partial charge in [0, 0.05) is 0 Å². The van der Waals surface area contributed by atoms with Crippen LogP contribution in [0.15, 0.2) is 23.1 Å². The summed E-state index contributed by atoms with van der Waals surface area (Å²) < 4.78 is 11.6. The van der Waals surface area contributed by atoms with Crippen LogP contribution in [0, 0.1) is 23.2 Å². The SMILES string of the molecule is COc1cc(C=C2SC(=S)N(CC(=O)O)C2=O)ccc1OC(=O)C12CC3CC(CC(C3)C1)C2. The Balaban J connectivity index is 1.34. The highest BCUT2D eigenvalue weighted by Gasteiger charge is 2.55. The highest BCUT2D eigenvalue weighted by atomic mass is 32.2. The number of carboxylic acid groups (broad SMARTS) is 1. The predicted octanol–water partition coefficient (Wildman–Crippen LogP) is 4.10. The van der Waals surface area contributed by atoms with Gasteiger partial charge in [-0.1, -0.05) is 30.0 Å². The molecule has 0 spiro atoms. The Hall–Kier alpha value is -2.39. The van der Waals surface area contributed by atoms with E-state index >= 15 is 0 Å². The molecule has 0 unspecified atom stereocenters. The first-order valence-electron chi connectivity index (χ1n) is 11.1. The number of benzene rings is 1. The third-order valence-corrected chi connectivity index (χ3v) is 8.70. The van der Waals surface area contributed by atoms with Crippen LogP contribution in [0.5, 0.6) is 11.5 Å². The molecule has 1 aromatic rings. The summed E-state index contributed by atoms with van der Waals surface area (Å²) in [5.41, 5.74) is 0.300. The van der Waals surface area contributed by atoms with E-state index in [0.717, 1.165) is 35.9 Å². The Morgan fingerprint density at radius 1 is 1.18 bits per heavy atom. The first-order valence-corrected chi connectivity index (χ1v) is 12.4. The van der Waals surface area contributed by atoms with Gasteiger partial charge in [0.1, 0.15) is 10.9 Å². The van der Waals surface area contributed by atoms with E-state index in [-0.39, 0.29) is 15.7 Å². The fraction of sp³-hybridized carbons (Fsp3) is 0.500. The number of carbonyl (C=O) groups is 3. The molecular formula is C24H25NO6S2. The van der Waals surface area contributed by atoms with E-state index in [1.165, 1.54) is 26.4 Å². The number of methoxy groups -OCH3 is 1. The highest BCUT2D eigenvalue weighted by Crippen LogP contribution is 2.60. The second-order valence-corrected chi connectivity index (χ2v) is 11.3. The van der Waals surface area contributed by atoms with Gasteiger partial charge in [0.15, 0.2) is 11.5 Å². The number of aliphatic carboxylic acids is 1. The Labute approximate surface area is 201 Å². The van der Waals surface area contributed by atoms with Gasteiger partial charge in [-0.15, -0.1) is 0 Å². The number of hydrogen-bond acceptors (Lipinski definition) is 7. The Kier molecular flexibility index (Phi) is 5.73. The normalized spacial score (nSPS) is 31.4. The summed E-state index contributed by atoms with van der Waals surface area (Å²) in [6, 6.07) is 5.13. The molecule has 1 heterocycles. The van der Waals surface area contributed by atoms with Gasteiger partial charge in [0.2, 0.25) is 0 Å². The minimum absolute atomic E-state index is 0.151. The van der Waals surface area contributed by atoms with E-state index in [1.807, 2.05) is 0 Å². The molecule has 5 fully saturated rings. The van der Waals surface area contributed by atoms with Gasteiger partial charge in [0.05, 0.1) is 17.4 Å². The molecule has 33 heavy (non-hydrogen) atoms. The van der Waals surface area contributed by atoms with E-state index in [9.17, 15) is 14.4 Å². The van der Waals surface area contributed by atoms with Crippen molar-refractivity contribution < 1.29 is 29.0 Å². The molecule has 0 radical (unpaired) electrons. The maximum Gasteiger partial charge on any atom is 0.323 e. The van der Waals surface area contributed by atoms with Crippen molar-refractivity contribution in [2.24, 2.45) is 23.2 Å². The number of esters is 1. The van der Waals surface area contributed by atoms with E-state index in [1.54, 1.807) is 24.3 Å². The molecule has 9 heteroatoms. The van der Waals surface area contributed by atoms with Crippen LogP contribution in [0.3, 0.4) is 0 Å². The quantitative estimate of drug-likeness (QED) is 0.277. The number of ether oxygens (including phenoxy) is 2. The molecule has 7 nitrogen and oxygen atoms in total. The fourth-order valence-electron chi connectivity index (χ4n) is 6.35. The van der Waals surface area contributed by atoms with Crippen molar-refractivity contribution in [2.75, 3.05) is 13.7 Å². The van der Waals surface area contributed by atoms with Crippen molar-refractivity contribution in [3.8, 4) is 11.5 Å². The number of thiocarbonyl (C=S) groups is 1. The molecule has 5 aliphatic rings. The van der Waals surface area contributed by atoms with Crippen LogP contribution in [-0.4, -0.2) is 45.8 Å². The average molecular weight is 488 g/mol. The lowest BCUT2D eigenvalue weighted by atomic mass is 9.49. The summed E-state index contributed by atoms with van der Waals surface area (Å²) in [5.74, 6) is 0.996. The van der Waals surface area contributed by atoms with Crippen molar-refractivity contribution in [3.05, 3.63) is 28.7 Å². The zero-order chi connectivity index (χ0) is 23.3. The first kappa shape index (κ1) is 22.4. The minimum Gasteiger partial charge on any atom is -0.493 e. The van der Waals surface area contributed by atoms with Crippen LogP contribution in [0.4, 0.5) is 0 Å². The average Bonchev–Trinajstić information content (AvgIpc) is 3.00. The minimum atomic E-state index is -1.13. The predicted molar refractivity (Wildman–Crippen MR) is 127 cm³/mol. The maximum atomic E-state index is 13.3. The summed E-state index contributed by atoms with van der Waals surface area (Å²) in [6.45, 7) is -0.468. The lowest BCUT2D eigenvalue weighted by Gasteiger charge is -2.55. The second kappa shape index (κ2) is 8.43. The summed E-state index contributed by atoms with van der Waals surface area (Å²) >= 11 is 6.19. The molecular weight excluding hydrogens is 462 g/mol. The van der Waals surface area contributed by atoms with Gasteiger partial charge in [-0.3, -0.25) is 19.3 Å². The van der Waals surface area contributed by atoms with Crippen molar-refractivity contribution in [3.63, 3.8) is 0 Å². The third-order valence-electron chi connectivity index (χ3n) is 7.33. The lowest BCUT2D eigenvalue weighted by molar-refractivity contribution is -0.161. The van der Waals surface area contributed by atoms with Crippen molar-refractivity contribution in [2.45, 2.75) is 38.5 Å². The van der Waals surface area contributed by atoms with Gasteiger partial charge in [-0.05, 0) is 80.1 Å². The molecule has 1 aromatic carbocycles. The van der Waals surface area contributed by atoms with Crippen molar-refractivity contribution >= 4 is 52.2 Å². The monoisotopic (exact) mass is 487 g/mol. The van der Waals surface area contributed by atoms with Crippen LogP contribution < -0.4 is 9.47 Å². The third kappa shape index (κ3) is 4.17. The van der Waals surface area contributed by atoms with E-state index in [2.05, 4.69) is 0 Å². The first-order chi connectivity index (χ1) is 15.8. The van der Waals surface area contributed by atoms with Gasteiger partial charge in [0.25, 0.3) is 5.91 Å². The number of thioether (sulfide) groups is 1. The van der Waals surface area contributed by atoms with Crippen molar-refractivity contribution in [1.29, 1.82) is 0 Å². The largest absolute Gasteiger partial charge is 0.493 e. The zero-order valence-corrected chi connectivity index (χ0v) is 19.9. The summed E-state index contributed by atoms with van der Waals surface area (Å²) in [5, 5.41) is 8.98. The van der Waals surface area contributed by atoms with Crippen LogP contribution >= 0.6 is 24.0 Å². The maximum absolute atomic E-state index is 13.3. The van der Waals surface area contributed by atoms with E-state index in [4.69, 9.17) is 26.8 Å². The summed E-state index contributed by atoms with van der Waals surface area (Å²) in [7, 11) is 1.51. The number of nitrogens with zero attached hydrogens (tertiary/aromatic N) is 1. The topological polar surface area (TPSA) is 93.1 Å². The lowest BCUT2D eigenvalue weighted by Crippen LogP contribution is -2.51.